The van der Waals surface area contributed by atoms with E-state index in [4.69, 9.17) is 4.74 Å². The minimum Gasteiger partial charge on any atom is -0.444 e. The first-order chi connectivity index (χ1) is 9.96. The first-order valence-electron chi connectivity index (χ1n) is 7.49. The Morgan fingerprint density at radius 3 is 2.90 bits per heavy atom. The number of hydrogen-bond acceptors (Lipinski definition) is 4. The quantitative estimate of drug-likeness (QED) is 0.793. The normalized spacial score (nSPS) is 19.4. The number of amides is 1. The Balaban J connectivity index is 1.94. The van der Waals surface area contributed by atoms with Crippen LogP contribution in [-0.2, 0) is 4.74 Å². The summed E-state index contributed by atoms with van der Waals surface area (Å²) in [6, 6.07) is 6.14. The summed E-state index contributed by atoms with van der Waals surface area (Å²) in [5.74, 6) is 0.871. The third kappa shape index (κ3) is 5.23. The molecule has 1 aliphatic rings. The summed E-state index contributed by atoms with van der Waals surface area (Å²) in [6.07, 6.45) is 4.89. The van der Waals surface area contributed by atoms with Gasteiger partial charge in [-0.05, 0) is 52.2 Å². The van der Waals surface area contributed by atoms with Gasteiger partial charge in [0.2, 0.25) is 0 Å². The van der Waals surface area contributed by atoms with Gasteiger partial charge >= 0.3 is 6.09 Å². The number of pyridine rings is 1. The standard InChI is InChI=1S/C16H24N2O2S/c1-16(2,3)20-15(19)18-11-7-5-8-13(18)12-21-14-9-4-6-10-17-14/h4,6,9-10,13H,5,7-8,11-12H2,1-3H3/t13-/m1/s1. The molecule has 0 radical (unpaired) electrons. The number of hydrogen-bond donors (Lipinski definition) is 0. The van der Waals surface area contributed by atoms with Crippen molar-refractivity contribution in [2.45, 2.75) is 56.7 Å². The molecule has 0 spiro atoms. The van der Waals surface area contributed by atoms with Crippen LogP contribution in [0.1, 0.15) is 40.0 Å². The van der Waals surface area contributed by atoms with Gasteiger partial charge in [0.25, 0.3) is 0 Å². The first kappa shape index (κ1) is 16.1. The van der Waals surface area contributed by atoms with Crippen LogP contribution in [0, 0.1) is 0 Å². The molecule has 0 saturated carbocycles. The number of rotatable bonds is 3. The predicted octanol–water partition coefficient (Wildman–Crippen LogP) is 3.96. The lowest BCUT2D eigenvalue weighted by Gasteiger charge is -2.36. The van der Waals surface area contributed by atoms with Crippen LogP contribution in [0.3, 0.4) is 0 Å². The highest BCUT2D eigenvalue weighted by atomic mass is 32.2. The second-order valence-electron chi connectivity index (χ2n) is 6.30. The van der Waals surface area contributed by atoms with Crippen molar-refractivity contribution in [1.29, 1.82) is 0 Å². The van der Waals surface area contributed by atoms with E-state index >= 15 is 0 Å². The lowest BCUT2D eigenvalue weighted by molar-refractivity contribution is 0.0126. The van der Waals surface area contributed by atoms with Crippen LogP contribution in [0.15, 0.2) is 29.4 Å². The lowest BCUT2D eigenvalue weighted by Crippen LogP contribution is -2.47. The highest BCUT2D eigenvalue weighted by Gasteiger charge is 2.30. The van der Waals surface area contributed by atoms with Gasteiger partial charge in [0.05, 0.1) is 5.03 Å². The highest BCUT2D eigenvalue weighted by molar-refractivity contribution is 7.99. The third-order valence-electron chi connectivity index (χ3n) is 3.32. The van der Waals surface area contributed by atoms with Crippen molar-refractivity contribution < 1.29 is 9.53 Å². The summed E-state index contributed by atoms with van der Waals surface area (Å²) < 4.78 is 5.52. The molecule has 1 atom stereocenters. The molecule has 0 aromatic carbocycles. The van der Waals surface area contributed by atoms with Gasteiger partial charge in [-0.25, -0.2) is 9.78 Å². The van der Waals surface area contributed by atoms with Crippen molar-refractivity contribution >= 4 is 17.9 Å². The van der Waals surface area contributed by atoms with E-state index in [1.54, 1.807) is 18.0 Å². The summed E-state index contributed by atoms with van der Waals surface area (Å²) in [5.41, 5.74) is -0.437. The fourth-order valence-electron chi connectivity index (χ4n) is 2.35. The molecular formula is C16H24N2O2S. The second-order valence-corrected chi connectivity index (χ2v) is 7.34. The molecule has 1 amide bonds. The van der Waals surface area contributed by atoms with Crippen molar-refractivity contribution in [3.63, 3.8) is 0 Å². The van der Waals surface area contributed by atoms with Gasteiger partial charge in [0.15, 0.2) is 0 Å². The molecule has 0 N–H and O–H groups in total. The molecule has 2 heterocycles. The van der Waals surface area contributed by atoms with Crippen LogP contribution in [-0.4, -0.2) is 39.9 Å². The molecule has 1 saturated heterocycles. The topological polar surface area (TPSA) is 42.4 Å². The van der Waals surface area contributed by atoms with Crippen molar-refractivity contribution in [1.82, 2.24) is 9.88 Å². The number of nitrogens with zero attached hydrogens (tertiary/aromatic N) is 2. The van der Waals surface area contributed by atoms with E-state index in [1.165, 1.54) is 6.42 Å². The molecule has 5 heteroatoms. The van der Waals surface area contributed by atoms with Crippen molar-refractivity contribution in [2.24, 2.45) is 0 Å². The fraction of sp³-hybridized carbons (Fsp3) is 0.625. The summed E-state index contributed by atoms with van der Waals surface area (Å²) in [7, 11) is 0. The van der Waals surface area contributed by atoms with Gasteiger partial charge in [-0.15, -0.1) is 11.8 Å². The minimum atomic E-state index is -0.437. The molecule has 1 aliphatic heterocycles. The van der Waals surface area contributed by atoms with Crippen LogP contribution < -0.4 is 0 Å². The summed E-state index contributed by atoms with van der Waals surface area (Å²) in [6.45, 7) is 6.52. The van der Waals surface area contributed by atoms with Gasteiger partial charge in [-0.1, -0.05) is 6.07 Å². The molecule has 2 rings (SSSR count). The monoisotopic (exact) mass is 308 g/mol. The maximum Gasteiger partial charge on any atom is 0.410 e. The smallest absolute Gasteiger partial charge is 0.410 e. The second kappa shape index (κ2) is 7.16. The maximum absolute atomic E-state index is 12.3. The predicted molar refractivity (Wildman–Crippen MR) is 85.5 cm³/mol. The zero-order valence-electron chi connectivity index (χ0n) is 13.0. The van der Waals surface area contributed by atoms with E-state index in [2.05, 4.69) is 4.98 Å². The van der Waals surface area contributed by atoms with E-state index in [0.717, 1.165) is 30.2 Å². The van der Waals surface area contributed by atoms with Gasteiger partial charge in [-0.2, -0.15) is 0 Å². The molecular weight excluding hydrogens is 284 g/mol. The summed E-state index contributed by atoms with van der Waals surface area (Å²) in [5, 5.41) is 1.01. The van der Waals surface area contributed by atoms with Crippen molar-refractivity contribution in [2.75, 3.05) is 12.3 Å². The highest BCUT2D eigenvalue weighted by Crippen LogP contribution is 2.25. The number of thioether (sulfide) groups is 1. The number of carbonyl (C=O) groups excluding carboxylic acids is 1. The lowest BCUT2D eigenvalue weighted by atomic mass is 10.0. The first-order valence-corrected chi connectivity index (χ1v) is 8.48. The van der Waals surface area contributed by atoms with Crippen molar-refractivity contribution in [3.8, 4) is 0 Å². The Morgan fingerprint density at radius 1 is 1.43 bits per heavy atom. The number of likely N-dealkylation sites (tertiary alicyclic amines) is 1. The van der Waals surface area contributed by atoms with Gasteiger partial charge in [0, 0.05) is 24.5 Å². The molecule has 0 aliphatic carbocycles. The van der Waals surface area contributed by atoms with E-state index in [1.807, 2.05) is 43.9 Å². The molecule has 4 nitrogen and oxygen atoms in total. The number of aromatic nitrogens is 1. The molecule has 116 valence electrons. The largest absolute Gasteiger partial charge is 0.444 e. The maximum atomic E-state index is 12.3. The zero-order valence-corrected chi connectivity index (χ0v) is 13.9. The minimum absolute atomic E-state index is 0.186. The third-order valence-corrected chi connectivity index (χ3v) is 4.41. The number of carbonyl (C=O) groups is 1. The van der Waals surface area contributed by atoms with Crippen LogP contribution >= 0.6 is 11.8 Å². The Labute approximate surface area is 131 Å². The Morgan fingerprint density at radius 2 is 2.24 bits per heavy atom. The number of piperidine rings is 1. The average Bonchev–Trinajstić information content (AvgIpc) is 2.45. The average molecular weight is 308 g/mol. The van der Waals surface area contributed by atoms with Gasteiger partial charge < -0.3 is 9.64 Å². The van der Waals surface area contributed by atoms with Crippen molar-refractivity contribution in [3.05, 3.63) is 24.4 Å². The van der Waals surface area contributed by atoms with Crippen LogP contribution in [0.2, 0.25) is 0 Å². The zero-order chi connectivity index (χ0) is 15.3. The van der Waals surface area contributed by atoms with E-state index in [0.29, 0.717) is 0 Å². The molecule has 0 unspecified atom stereocenters. The summed E-state index contributed by atoms with van der Waals surface area (Å²) in [4.78, 5) is 18.5. The van der Waals surface area contributed by atoms with Crippen LogP contribution in [0.25, 0.3) is 0 Å². The Hall–Kier alpha value is -1.23. The van der Waals surface area contributed by atoms with Crippen LogP contribution in [0.4, 0.5) is 4.79 Å². The number of ether oxygens (including phenoxy) is 1. The van der Waals surface area contributed by atoms with E-state index in [9.17, 15) is 4.79 Å². The SMILES string of the molecule is CC(C)(C)OC(=O)N1CCCC[C@@H]1CSc1ccccn1. The molecule has 0 bridgehead atoms. The Bertz CT molecular complexity index is 459. The van der Waals surface area contributed by atoms with E-state index in [-0.39, 0.29) is 12.1 Å². The fourth-order valence-corrected chi connectivity index (χ4v) is 3.37. The van der Waals surface area contributed by atoms with E-state index < -0.39 is 5.60 Å². The molecule has 1 aromatic rings. The Kier molecular flexibility index (Phi) is 5.51. The van der Waals surface area contributed by atoms with Gasteiger partial charge in [0.1, 0.15) is 5.60 Å². The van der Waals surface area contributed by atoms with Gasteiger partial charge in [-0.3, -0.25) is 0 Å². The molecule has 1 aromatic heterocycles. The molecule has 21 heavy (non-hydrogen) atoms. The summed E-state index contributed by atoms with van der Waals surface area (Å²) >= 11 is 1.71. The van der Waals surface area contributed by atoms with Crippen LogP contribution in [0.5, 0.6) is 0 Å². The molecule has 1 fully saturated rings.